The average molecular weight is 325 g/mol. The van der Waals surface area contributed by atoms with Gasteiger partial charge in [0.05, 0.1) is 16.0 Å². The van der Waals surface area contributed by atoms with Gasteiger partial charge in [-0.25, -0.2) is 8.42 Å². The molecule has 0 saturated heterocycles. The van der Waals surface area contributed by atoms with Crippen LogP contribution in [0.1, 0.15) is 11.8 Å². The Morgan fingerprint density at radius 2 is 2.14 bits per heavy atom. The van der Waals surface area contributed by atoms with Crippen molar-refractivity contribution in [3.63, 3.8) is 0 Å². The number of carbonyl (C=O) groups is 1. The van der Waals surface area contributed by atoms with E-state index in [0.29, 0.717) is 10.6 Å². The standard InChI is InChI=1S/C13H11NO5S2/c1-7(15)11-12(16)13-10(21(17,18)14(11)2)6-9(20-13)8-4-3-5-19-8/h3-6,16H,1-2H3. The van der Waals surface area contributed by atoms with Crippen LogP contribution >= 0.6 is 11.3 Å². The minimum absolute atomic E-state index is 0.0242. The molecule has 1 aliphatic rings. The third-order valence-corrected chi connectivity index (χ3v) is 6.26. The summed E-state index contributed by atoms with van der Waals surface area (Å²) < 4.78 is 31.0. The molecule has 8 heteroatoms. The van der Waals surface area contributed by atoms with Gasteiger partial charge in [0.15, 0.2) is 11.5 Å². The number of aliphatic hydroxyl groups is 1. The van der Waals surface area contributed by atoms with Crippen molar-refractivity contribution < 1.29 is 22.7 Å². The molecule has 1 aliphatic heterocycles. The van der Waals surface area contributed by atoms with Crippen molar-refractivity contribution in [2.75, 3.05) is 7.05 Å². The van der Waals surface area contributed by atoms with Crippen LogP contribution in [0.5, 0.6) is 0 Å². The highest BCUT2D eigenvalue weighted by molar-refractivity contribution is 7.89. The second kappa shape index (κ2) is 4.47. The van der Waals surface area contributed by atoms with Crippen molar-refractivity contribution >= 4 is 32.9 Å². The van der Waals surface area contributed by atoms with Crippen LogP contribution in [-0.2, 0) is 14.8 Å². The molecule has 0 spiro atoms. The highest BCUT2D eigenvalue weighted by atomic mass is 32.2. The molecule has 6 nitrogen and oxygen atoms in total. The van der Waals surface area contributed by atoms with E-state index in [1.54, 1.807) is 12.1 Å². The van der Waals surface area contributed by atoms with E-state index in [9.17, 15) is 18.3 Å². The number of hydrogen-bond donors (Lipinski definition) is 1. The van der Waals surface area contributed by atoms with E-state index in [1.807, 2.05) is 0 Å². The molecule has 0 bridgehead atoms. The number of sulfonamides is 1. The second-order valence-electron chi connectivity index (χ2n) is 4.51. The third-order valence-electron chi connectivity index (χ3n) is 3.19. The van der Waals surface area contributed by atoms with Crippen LogP contribution in [0, 0.1) is 0 Å². The molecule has 3 heterocycles. The van der Waals surface area contributed by atoms with Crippen molar-refractivity contribution in [2.45, 2.75) is 11.8 Å². The molecule has 0 atom stereocenters. The topological polar surface area (TPSA) is 87.8 Å². The van der Waals surface area contributed by atoms with Crippen LogP contribution in [0.15, 0.2) is 39.5 Å². The number of furan rings is 1. The molecule has 2 aromatic rings. The van der Waals surface area contributed by atoms with Gasteiger partial charge in [0.25, 0.3) is 10.0 Å². The SMILES string of the molecule is CC(=O)C1=C(O)c2sc(-c3ccco3)cc2S(=O)(=O)N1C. The van der Waals surface area contributed by atoms with Gasteiger partial charge in [0.1, 0.15) is 16.4 Å². The predicted octanol–water partition coefficient (Wildman–Crippen LogP) is 2.46. The first-order chi connectivity index (χ1) is 9.84. The number of likely N-dealkylation sites (N-methyl/N-ethyl adjacent to an activating group) is 1. The molecule has 0 aliphatic carbocycles. The third kappa shape index (κ3) is 1.90. The fourth-order valence-electron chi connectivity index (χ4n) is 2.18. The lowest BCUT2D eigenvalue weighted by Gasteiger charge is -2.25. The summed E-state index contributed by atoms with van der Waals surface area (Å²) in [5, 5.41) is 10.2. The normalized spacial score (nSPS) is 17.0. The van der Waals surface area contributed by atoms with Crippen molar-refractivity contribution in [3.05, 3.63) is 35.0 Å². The summed E-state index contributed by atoms with van der Waals surface area (Å²) in [5.41, 5.74) is -0.227. The van der Waals surface area contributed by atoms with Gasteiger partial charge in [-0.2, -0.15) is 0 Å². The predicted molar refractivity (Wildman–Crippen MR) is 77.2 cm³/mol. The highest BCUT2D eigenvalue weighted by Crippen LogP contribution is 2.43. The van der Waals surface area contributed by atoms with Gasteiger partial charge >= 0.3 is 0 Å². The number of Topliss-reactive ketones (excluding diaryl/α,β-unsaturated/α-hetero) is 1. The van der Waals surface area contributed by atoms with Gasteiger partial charge in [0.2, 0.25) is 0 Å². The van der Waals surface area contributed by atoms with E-state index in [2.05, 4.69) is 0 Å². The Labute approximate surface area is 125 Å². The Hall–Kier alpha value is -2.06. The molecule has 110 valence electrons. The van der Waals surface area contributed by atoms with E-state index < -0.39 is 15.8 Å². The van der Waals surface area contributed by atoms with Crippen molar-refractivity contribution in [2.24, 2.45) is 0 Å². The first-order valence-electron chi connectivity index (χ1n) is 5.95. The zero-order chi connectivity index (χ0) is 15.4. The molecular weight excluding hydrogens is 314 g/mol. The van der Waals surface area contributed by atoms with Crippen molar-refractivity contribution in [1.29, 1.82) is 0 Å². The fraction of sp³-hybridized carbons (Fsp3) is 0.154. The molecule has 0 saturated carbocycles. The summed E-state index contributed by atoms with van der Waals surface area (Å²) in [5.74, 6) is -0.334. The Balaban J connectivity index is 2.30. The number of hydrogen-bond acceptors (Lipinski definition) is 6. The summed E-state index contributed by atoms with van der Waals surface area (Å²) in [6, 6.07) is 4.82. The maximum Gasteiger partial charge on any atom is 0.265 e. The lowest BCUT2D eigenvalue weighted by Crippen LogP contribution is -2.33. The van der Waals surface area contributed by atoms with E-state index in [0.717, 1.165) is 15.6 Å². The van der Waals surface area contributed by atoms with Crippen LogP contribution in [0.2, 0.25) is 0 Å². The molecule has 3 rings (SSSR count). The van der Waals surface area contributed by atoms with Crippen molar-refractivity contribution in [1.82, 2.24) is 4.31 Å². The van der Waals surface area contributed by atoms with Crippen LogP contribution in [0.3, 0.4) is 0 Å². The maximum absolute atomic E-state index is 12.5. The number of allylic oxidation sites excluding steroid dienone is 1. The minimum atomic E-state index is -3.85. The fourth-order valence-corrected chi connectivity index (χ4v) is 5.01. The maximum atomic E-state index is 12.5. The minimum Gasteiger partial charge on any atom is -0.504 e. The lowest BCUT2D eigenvalue weighted by atomic mass is 10.2. The second-order valence-corrected chi connectivity index (χ2v) is 7.50. The van der Waals surface area contributed by atoms with Gasteiger partial charge in [0, 0.05) is 14.0 Å². The summed E-state index contributed by atoms with van der Waals surface area (Å²) in [6.45, 7) is 1.21. The van der Waals surface area contributed by atoms with E-state index in [1.165, 1.54) is 26.3 Å². The van der Waals surface area contributed by atoms with Gasteiger partial charge in [-0.3, -0.25) is 9.10 Å². The molecule has 0 amide bonds. The monoisotopic (exact) mass is 325 g/mol. The Morgan fingerprint density at radius 3 is 2.71 bits per heavy atom. The van der Waals surface area contributed by atoms with Crippen molar-refractivity contribution in [3.8, 4) is 10.6 Å². The van der Waals surface area contributed by atoms with E-state index in [4.69, 9.17) is 4.42 Å². The Bertz CT molecular complexity index is 859. The molecular formula is C13H11NO5S2. The number of aliphatic hydroxyl groups excluding tert-OH is 1. The first kappa shape index (κ1) is 13.9. The summed E-state index contributed by atoms with van der Waals surface area (Å²) >= 11 is 1.07. The molecule has 0 unspecified atom stereocenters. The number of thiophene rings is 1. The zero-order valence-corrected chi connectivity index (χ0v) is 12.8. The highest BCUT2D eigenvalue weighted by Gasteiger charge is 2.38. The van der Waals surface area contributed by atoms with Gasteiger partial charge in [-0.15, -0.1) is 11.3 Å². The summed E-state index contributed by atoms with van der Waals surface area (Å²) in [6.07, 6.45) is 1.48. The number of fused-ring (bicyclic) bond motifs is 1. The molecule has 2 aromatic heterocycles. The number of rotatable bonds is 2. The Morgan fingerprint density at radius 1 is 1.43 bits per heavy atom. The quantitative estimate of drug-likeness (QED) is 0.916. The molecule has 0 fully saturated rings. The number of ketones is 1. The molecule has 1 N–H and O–H groups in total. The average Bonchev–Trinajstić information content (AvgIpc) is 3.05. The Kier molecular flexibility index (Phi) is 2.96. The number of carbonyl (C=O) groups excluding carboxylic acids is 1. The van der Waals surface area contributed by atoms with Crippen LogP contribution < -0.4 is 0 Å². The lowest BCUT2D eigenvalue weighted by molar-refractivity contribution is -0.114. The van der Waals surface area contributed by atoms with E-state index >= 15 is 0 Å². The largest absolute Gasteiger partial charge is 0.504 e. The number of nitrogens with zero attached hydrogens (tertiary/aromatic N) is 1. The molecule has 21 heavy (non-hydrogen) atoms. The van der Waals surface area contributed by atoms with Gasteiger partial charge in [-0.05, 0) is 18.2 Å². The van der Waals surface area contributed by atoms with E-state index in [-0.39, 0.29) is 21.2 Å². The smallest absolute Gasteiger partial charge is 0.265 e. The summed E-state index contributed by atoms with van der Waals surface area (Å²) in [4.78, 5) is 12.3. The van der Waals surface area contributed by atoms with Crippen LogP contribution in [0.4, 0.5) is 0 Å². The van der Waals surface area contributed by atoms with Crippen LogP contribution in [0.25, 0.3) is 16.4 Å². The van der Waals surface area contributed by atoms with Gasteiger partial charge in [-0.1, -0.05) is 0 Å². The van der Waals surface area contributed by atoms with Gasteiger partial charge < -0.3 is 9.52 Å². The summed E-state index contributed by atoms with van der Waals surface area (Å²) in [7, 11) is -2.61. The molecule has 0 aromatic carbocycles. The zero-order valence-electron chi connectivity index (χ0n) is 11.2. The van der Waals surface area contributed by atoms with Crippen LogP contribution in [-0.4, -0.2) is 30.7 Å². The first-order valence-corrected chi connectivity index (χ1v) is 8.21. The molecule has 0 radical (unpaired) electrons.